The molecule has 2 heteroatoms. The van der Waals surface area contributed by atoms with Crippen LogP contribution in [0.5, 0.6) is 0 Å². The second-order valence-electron chi connectivity index (χ2n) is 7.52. The van der Waals surface area contributed by atoms with E-state index < -0.39 is 8.32 Å². The van der Waals surface area contributed by atoms with E-state index in [2.05, 4.69) is 60.4 Å². The first-order valence-corrected chi connectivity index (χ1v) is 10.5. The number of rotatable bonds is 3. The Morgan fingerprint density at radius 3 is 2.37 bits per heavy atom. The van der Waals surface area contributed by atoms with E-state index in [0.29, 0.717) is 5.92 Å². The average molecular weight is 281 g/mol. The molecule has 110 valence electrons. The summed E-state index contributed by atoms with van der Waals surface area (Å²) < 4.78 is 6.60. The van der Waals surface area contributed by atoms with Gasteiger partial charge in [-0.15, -0.1) is 0 Å². The maximum absolute atomic E-state index is 6.60. The number of allylic oxidation sites excluding steroid dienone is 1. The van der Waals surface area contributed by atoms with Crippen LogP contribution >= 0.6 is 0 Å². The van der Waals surface area contributed by atoms with E-state index in [1.165, 1.54) is 12.0 Å². The lowest BCUT2D eigenvalue weighted by atomic mass is 9.81. The first-order valence-electron chi connectivity index (χ1n) is 7.63. The number of hydrogen-bond acceptors (Lipinski definition) is 1. The largest absolute Gasteiger partial charge is 0.410 e. The van der Waals surface area contributed by atoms with Crippen molar-refractivity contribution in [3.05, 3.63) is 23.8 Å². The van der Waals surface area contributed by atoms with Gasteiger partial charge in [-0.2, -0.15) is 0 Å². The van der Waals surface area contributed by atoms with E-state index in [0.717, 1.165) is 12.8 Å². The molecule has 0 radical (unpaired) electrons. The summed E-state index contributed by atoms with van der Waals surface area (Å²) in [7, 11) is -1.70. The number of hydrogen-bond donors (Lipinski definition) is 0. The van der Waals surface area contributed by atoms with Crippen LogP contribution in [0, 0.1) is 5.92 Å². The van der Waals surface area contributed by atoms with Crippen LogP contribution in [0.15, 0.2) is 23.8 Å². The molecule has 2 atom stereocenters. The maximum Gasteiger partial charge on any atom is 0.192 e. The molecule has 1 fully saturated rings. The van der Waals surface area contributed by atoms with Crippen LogP contribution in [0.2, 0.25) is 18.1 Å². The molecular formula is C17H32OSi. The van der Waals surface area contributed by atoms with E-state index in [1.54, 1.807) is 5.57 Å². The lowest BCUT2D eigenvalue weighted by molar-refractivity contribution is 0.189. The zero-order chi connectivity index (χ0) is 14.8. The first-order chi connectivity index (χ1) is 8.58. The van der Waals surface area contributed by atoms with Crippen LogP contribution in [0.25, 0.3) is 0 Å². The summed E-state index contributed by atoms with van der Waals surface area (Å²) in [6.45, 7) is 20.4. The van der Waals surface area contributed by atoms with E-state index in [4.69, 9.17) is 4.43 Å². The average Bonchev–Trinajstić information content (AvgIpc) is 2.23. The second-order valence-corrected chi connectivity index (χ2v) is 12.3. The smallest absolute Gasteiger partial charge is 0.192 e. The molecule has 1 aliphatic rings. The fraction of sp³-hybridized carbons (Fsp3) is 0.765. The van der Waals surface area contributed by atoms with Crippen molar-refractivity contribution in [3.63, 3.8) is 0 Å². The normalized spacial score (nSPS) is 27.9. The van der Waals surface area contributed by atoms with Crippen LogP contribution in [0.3, 0.4) is 0 Å². The zero-order valence-electron chi connectivity index (χ0n) is 14.0. The Kier molecular flexibility index (Phi) is 5.25. The Labute approximate surface area is 121 Å². The van der Waals surface area contributed by atoms with Gasteiger partial charge in [-0.3, -0.25) is 0 Å². The van der Waals surface area contributed by atoms with Crippen molar-refractivity contribution < 1.29 is 4.43 Å². The first kappa shape index (κ1) is 16.7. The summed E-state index contributed by atoms with van der Waals surface area (Å²) in [5.41, 5.74) is 2.86. The molecular weight excluding hydrogens is 248 g/mol. The predicted molar refractivity (Wildman–Crippen MR) is 88.0 cm³/mol. The highest BCUT2D eigenvalue weighted by Crippen LogP contribution is 2.41. The molecule has 0 bridgehead atoms. The Balaban J connectivity index is 2.86. The molecule has 0 spiro atoms. The van der Waals surface area contributed by atoms with Crippen LogP contribution < -0.4 is 0 Å². The van der Waals surface area contributed by atoms with Crippen molar-refractivity contribution in [2.45, 2.75) is 78.1 Å². The Hall–Kier alpha value is -0.343. The molecule has 1 rings (SSSR count). The quantitative estimate of drug-likeness (QED) is 0.476. The third-order valence-corrected chi connectivity index (χ3v) is 9.28. The molecule has 0 amide bonds. The summed E-state index contributed by atoms with van der Waals surface area (Å²) in [6, 6.07) is 0. The third-order valence-electron chi connectivity index (χ3n) is 4.80. The van der Waals surface area contributed by atoms with Gasteiger partial charge < -0.3 is 4.43 Å². The van der Waals surface area contributed by atoms with Crippen LogP contribution in [-0.2, 0) is 4.43 Å². The molecule has 0 aromatic heterocycles. The minimum atomic E-state index is -1.70. The zero-order valence-corrected chi connectivity index (χ0v) is 15.0. The van der Waals surface area contributed by atoms with Gasteiger partial charge in [-0.05, 0) is 48.9 Å². The molecule has 0 saturated heterocycles. The second kappa shape index (κ2) is 5.97. The minimum Gasteiger partial charge on any atom is -0.410 e. The Bertz CT molecular complexity index is 360. The standard InChI is InChI=1S/C17H32OSi/c1-9-10-15-11-13(2)14(3)16(12-15)18-19(7,8)17(4,5)6/h10,13,16H,3,9,11-12H2,1-2,4-8H3/b15-10-/t13-,16-/m1/s1. The van der Waals surface area contributed by atoms with Crippen LogP contribution in [0.1, 0.15) is 53.9 Å². The third kappa shape index (κ3) is 4.06. The summed E-state index contributed by atoms with van der Waals surface area (Å²) in [5, 5.41) is 0.266. The highest BCUT2D eigenvalue weighted by Gasteiger charge is 2.41. The summed E-state index contributed by atoms with van der Waals surface area (Å²) in [5.74, 6) is 0.557. The van der Waals surface area contributed by atoms with Crippen LogP contribution in [-0.4, -0.2) is 14.4 Å². The molecule has 19 heavy (non-hydrogen) atoms. The van der Waals surface area contributed by atoms with Crippen molar-refractivity contribution in [1.82, 2.24) is 0 Å². The van der Waals surface area contributed by atoms with Gasteiger partial charge in [0, 0.05) is 0 Å². The lowest BCUT2D eigenvalue weighted by Crippen LogP contribution is -2.45. The highest BCUT2D eigenvalue weighted by atomic mass is 28.4. The van der Waals surface area contributed by atoms with E-state index in [1.807, 2.05) is 0 Å². The van der Waals surface area contributed by atoms with Crippen molar-refractivity contribution in [2.75, 3.05) is 0 Å². The Morgan fingerprint density at radius 2 is 1.89 bits per heavy atom. The molecule has 1 saturated carbocycles. The van der Waals surface area contributed by atoms with Gasteiger partial charge in [0.2, 0.25) is 0 Å². The van der Waals surface area contributed by atoms with E-state index >= 15 is 0 Å². The fourth-order valence-electron chi connectivity index (χ4n) is 2.40. The monoisotopic (exact) mass is 280 g/mol. The van der Waals surface area contributed by atoms with Gasteiger partial charge >= 0.3 is 0 Å². The summed E-state index contributed by atoms with van der Waals surface area (Å²) in [4.78, 5) is 0. The van der Waals surface area contributed by atoms with Crippen molar-refractivity contribution >= 4 is 8.32 Å². The summed E-state index contributed by atoms with van der Waals surface area (Å²) >= 11 is 0. The maximum atomic E-state index is 6.60. The molecule has 1 aliphatic carbocycles. The molecule has 0 aromatic rings. The molecule has 0 N–H and O–H groups in total. The highest BCUT2D eigenvalue weighted by molar-refractivity contribution is 6.74. The van der Waals surface area contributed by atoms with E-state index in [9.17, 15) is 0 Å². The minimum absolute atomic E-state index is 0.238. The SMILES string of the molecule is C=C1[C@H](C)C/C(=C/CC)C[C@H]1O[Si](C)(C)C(C)(C)C. The van der Waals surface area contributed by atoms with Gasteiger partial charge in [0.1, 0.15) is 0 Å². The molecule has 1 nitrogen and oxygen atoms in total. The van der Waals surface area contributed by atoms with Gasteiger partial charge in [-0.25, -0.2) is 0 Å². The van der Waals surface area contributed by atoms with Crippen molar-refractivity contribution in [1.29, 1.82) is 0 Å². The fourth-order valence-corrected chi connectivity index (χ4v) is 3.70. The van der Waals surface area contributed by atoms with Gasteiger partial charge in [0.05, 0.1) is 6.10 Å². The molecule has 0 aromatic carbocycles. The van der Waals surface area contributed by atoms with Gasteiger partial charge in [0.25, 0.3) is 0 Å². The predicted octanol–water partition coefficient (Wildman–Crippen LogP) is 5.70. The molecule has 0 heterocycles. The Morgan fingerprint density at radius 1 is 1.32 bits per heavy atom. The van der Waals surface area contributed by atoms with Crippen molar-refractivity contribution in [2.24, 2.45) is 5.92 Å². The van der Waals surface area contributed by atoms with E-state index in [-0.39, 0.29) is 11.1 Å². The van der Waals surface area contributed by atoms with Crippen molar-refractivity contribution in [3.8, 4) is 0 Å². The molecule has 0 aliphatic heterocycles. The topological polar surface area (TPSA) is 9.23 Å². The lowest BCUT2D eigenvalue weighted by Gasteiger charge is -2.42. The van der Waals surface area contributed by atoms with Gasteiger partial charge in [-0.1, -0.05) is 52.8 Å². The summed E-state index contributed by atoms with van der Waals surface area (Å²) in [6.07, 6.45) is 5.97. The molecule has 0 unspecified atom stereocenters. The van der Waals surface area contributed by atoms with Gasteiger partial charge in [0.15, 0.2) is 8.32 Å². The van der Waals surface area contributed by atoms with Crippen LogP contribution in [0.4, 0.5) is 0 Å².